The van der Waals surface area contributed by atoms with Crippen molar-refractivity contribution >= 4 is 29.3 Å². The summed E-state index contributed by atoms with van der Waals surface area (Å²) in [5, 5.41) is 6.09. The van der Waals surface area contributed by atoms with E-state index in [9.17, 15) is 19.2 Å². The Kier molecular flexibility index (Phi) is 7.44. The maximum atomic E-state index is 13.2. The van der Waals surface area contributed by atoms with Crippen LogP contribution in [0.15, 0.2) is 58.3 Å². The van der Waals surface area contributed by atoms with Crippen LogP contribution in [-0.2, 0) is 25.3 Å². The standard InChI is InChI=1S/C34H33ClN6O6/c1-18-20(7-6-10-24(18)37-29(42)23-14-39(2)33(45)40(3)31(23)43)21-8-5-9-22(28(21)35)25-13-19-11-12-26(27(19)30(38-25)46-4)41-16-34(17-41)15-36-32(44)47-34/h5-10,13-14,26H,11-12,15-17H2,1-4H3,(H,36,44)(H,37,42). The van der Waals surface area contributed by atoms with Crippen molar-refractivity contribution in [2.24, 2.45) is 14.1 Å². The van der Waals surface area contributed by atoms with Gasteiger partial charge in [0, 0.05) is 61.8 Å². The summed E-state index contributed by atoms with van der Waals surface area (Å²) in [6.45, 7) is 3.71. The molecule has 3 aliphatic rings. The second-order valence-electron chi connectivity index (χ2n) is 12.4. The number of carbonyl (C=O) groups is 2. The first-order valence-electron chi connectivity index (χ1n) is 15.3. The Labute approximate surface area is 274 Å². The fraction of sp³-hybridized carbons (Fsp3) is 0.324. The first-order chi connectivity index (χ1) is 22.5. The van der Waals surface area contributed by atoms with Crippen molar-refractivity contribution in [1.82, 2.24) is 24.3 Å². The summed E-state index contributed by atoms with van der Waals surface area (Å²) in [7, 11) is 4.44. The van der Waals surface area contributed by atoms with E-state index in [1.807, 2.05) is 31.2 Å². The van der Waals surface area contributed by atoms with E-state index in [1.54, 1.807) is 19.2 Å². The van der Waals surface area contributed by atoms with Crippen LogP contribution in [0.4, 0.5) is 10.5 Å². The van der Waals surface area contributed by atoms with Crippen LogP contribution in [0.25, 0.3) is 22.4 Å². The molecule has 1 spiro atoms. The number of rotatable bonds is 6. The molecule has 47 heavy (non-hydrogen) atoms. The van der Waals surface area contributed by atoms with Gasteiger partial charge in [-0.3, -0.25) is 19.1 Å². The smallest absolute Gasteiger partial charge is 0.407 e. The third kappa shape index (κ3) is 5.08. The van der Waals surface area contributed by atoms with Crippen molar-refractivity contribution in [1.29, 1.82) is 0 Å². The minimum absolute atomic E-state index is 0.120. The fourth-order valence-corrected chi connectivity index (χ4v) is 7.31. The van der Waals surface area contributed by atoms with Gasteiger partial charge in [-0.05, 0) is 48.6 Å². The van der Waals surface area contributed by atoms with Crippen molar-refractivity contribution in [2.45, 2.75) is 31.4 Å². The molecule has 2 aromatic heterocycles. The Hall–Kier alpha value is -4.94. The first kappa shape index (κ1) is 30.7. The van der Waals surface area contributed by atoms with Gasteiger partial charge >= 0.3 is 11.8 Å². The summed E-state index contributed by atoms with van der Waals surface area (Å²) >= 11 is 7.11. The number of methoxy groups -OCH3 is 1. The highest BCUT2D eigenvalue weighted by molar-refractivity contribution is 6.36. The quantitative estimate of drug-likeness (QED) is 0.320. The number of alkyl carbamates (subject to hydrolysis) is 1. The number of nitrogens with zero attached hydrogens (tertiary/aromatic N) is 4. The van der Waals surface area contributed by atoms with Gasteiger partial charge in [0.1, 0.15) is 5.56 Å². The van der Waals surface area contributed by atoms with Gasteiger partial charge in [0.25, 0.3) is 11.5 Å². The highest BCUT2D eigenvalue weighted by Crippen LogP contribution is 2.47. The Balaban J connectivity index is 1.18. The van der Waals surface area contributed by atoms with Gasteiger partial charge < -0.3 is 24.7 Å². The lowest BCUT2D eigenvalue weighted by Gasteiger charge is -2.48. The first-order valence-corrected chi connectivity index (χ1v) is 15.6. The molecule has 1 unspecified atom stereocenters. The lowest BCUT2D eigenvalue weighted by atomic mass is 9.91. The van der Waals surface area contributed by atoms with Gasteiger partial charge in [-0.25, -0.2) is 14.6 Å². The van der Waals surface area contributed by atoms with E-state index in [0.29, 0.717) is 41.9 Å². The molecular weight excluding hydrogens is 624 g/mol. The van der Waals surface area contributed by atoms with Gasteiger partial charge in [-0.15, -0.1) is 0 Å². The molecule has 2 aliphatic heterocycles. The zero-order chi connectivity index (χ0) is 33.2. The van der Waals surface area contributed by atoms with Gasteiger partial charge in [0.2, 0.25) is 5.88 Å². The molecule has 2 fully saturated rings. The lowest BCUT2D eigenvalue weighted by molar-refractivity contribution is -0.0925. The normalized spacial score (nSPS) is 18.0. The van der Waals surface area contributed by atoms with Crippen molar-refractivity contribution < 1.29 is 19.1 Å². The maximum absolute atomic E-state index is 13.2. The topological polar surface area (TPSA) is 137 Å². The summed E-state index contributed by atoms with van der Waals surface area (Å²) in [6.07, 6.45) is 2.64. The zero-order valence-electron chi connectivity index (χ0n) is 26.3. The van der Waals surface area contributed by atoms with Crippen molar-refractivity contribution in [2.75, 3.05) is 32.1 Å². The molecule has 4 aromatic rings. The molecule has 0 saturated carbocycles. The van der Waals surface area contributed by atoms with Gasteiger partial charge in [0.05, 0.1) is 24.4 Å². The number of aryl methyl sites for hydroxylation is 2. The summed E-state index contributed by atoms with van der Waals surface area (Å²) in [4.78, 5) is 56.8. The van der Waals surface area contributed by atoms with E-state index in [0.717, 1.165) is 50.8 Å². The van der Waals surface area contributed by atoms with Crippen molar-refractivity contribution in [3.63, 3.8) is 0 Å². The lowest BCUT2D eigenvalue weighted by Crippen LogP contribution is -2.64. The van der Waals surface area contributed by atoms with E-state index in [1.165, 1.54) is 24.9 Å². The monoisotopic (exact) mass is 656 g/mol. The van der Waals surface area contributed by atoms with Crippen LogP contribution in [0.3, 0.4) is 0 Å². The second-order valence-corrected chi connectivity index (χ2v) is 12.8. The molecule has 7 rings (SSSR count). The van der Waals surface area contributed by atoms with Crippen molar-refractivity contribution in [3.8, 4) is 28.3 Å². The molecule has 242 valence electrons. The maximum Gasteiger partial charge on any atom is 0.407 e. The molecule has 2 N–H and O–H groups in total. The summed E-state index contributed by atoms with van der Waals surface area (Å²) in [6, 6.07) is 13.4. The van der Waals surface area contributed by atoms with Crippen LogP contribution in [0.1, 0.15) is 39.5 Å². The number of benzene rings is 2. The molecule has 1 atom stereocenters. The van der Waals surface area contributed by atoms with Crippen LogP contribution in [-0.4, -0.2) is 63.4 Å². The number of likely N-dealkylation sites (tertiary alicyclic amines) is 1. The number of amides is 2. The molecule has 0 radical (unpaired) electrons. The molecule has 12 nitrogen and oxygen atoms in total. The van der Waals surface area contributed by atoms with Gasteiger partial charge in [-0.2, -0.15) is 0 Å². The number of aromatic nitrogens is 3. The third-order valence-corrected chi connectivity index (χ3v) is 9.86. The Morgan fingerprint density at radius 2 is 1.83 bits per heavy atom. The number of hydrogen-bond donors (Lipinski definition) is 2. The number of halogens is 1. The molecule has 2 aromatic carbocycles. The molecule has 13 heteroatoms. The average molecular weight is 657 g/mol. The molecule has 4 heterocycles. The van der Waals surface area contributed by atoms with E-state index >= 15 is 0 Å². The van der Waals surface area contributed by atoms with Crippen molar-refractivity contribution in [3.05, 3.63) is 96.8 Å². The highest BCUT2D eigenvalue weighted by Gasteiger charge is 2.53. The van der Waals surface area contributed by atoms with E-state index < -0.39 is 22.8 Å². The number of carbonyl (C=O) groups excluding carboxylic acids is 2. The third-order valence-electron chi connectivity index (χ3n) is 9.45. The number of pyridine rings is 1. The molecule has 2 amide bonds. The van der Waals surface area contributed by atoms with E-state index in [-0.39, 0.29) is 17.7 Å². The SMILES string of the molecule is COc1nc(-c2cccc(-c3cccc(NC(=O)c4cn(C)c(=O)n(C)c4=O)c3C)c2Cl)cc2c1C(N1CC3(CNC(=O)O3)C1)CC2. The van der Waals surface area contributed by atoms with Crippen LogP contribution in [0.5, 0.6) is 5.88 Å². The van der Waals surface area contributed by atoms with Gasteiger partial charge in [-0.1, -0.05) is 41.9 Å². The summed E-state index contributed by atoms with van der Waals surface area (Å²) in [5.41, 5.74) is 4.64. The number of ether oxygens (including phenoxy) is 2. The van der Waals surface area contributed by atoms with Crippen LogP contribution >= 0.6 is 11.6 Å². The average Bonchev–Trinajstić information content (AvgIpc) is 3.65. The zero-order valence-corrected chi connectivity index (χ0v) is 27.1. The van der Waals surface area contributed by atoms with Crippen LogP contribution in [0.2, 0.25) is 5.02 Å². The summed E-state index contributed by atoms with van der Waals surface area (Å²) in [5.74, 6) is -0.0715. The highest BCUT2D eigenvalue weighted by atomic mass is 35.5. The number of nitrogens with one attached hydrogen (secondary N) is 2. The summed E-state index contributed by atoms with van der Waals surface area (Å²) < 4.78 is 13.5. The molecule has 2 saturated heterocycles. The van der Waals surface area contributed by atoms with E-state index in [2.05, 4.69) is 21.6 Å². The Bertz CT molecular complexity index is 2100. The molecular formula is C34H33ClN6O6. The van der Waals surface area contributed by atoms with E-state index in [4.69, 9.17) is 26.1 Å². The van der Waals surface area contributed by atoms with Crippen LogP contribution in [0, 0.1) is 6.92 Å². The molecule has 0 bridgehead atoms. The Morgan fingerprint density at radius 3 is 2.55 bits per heavy atom. The van der Waals surface area contributed by atoms with Gasteiger partial charge in [0.15, 0.2) is 5.60 Å². The number of fused-ring (bicyclic) bond motifs is 1. The minimum atomic E-state index is -0.677. The fourth-order valence-electron chi connectivity index (χ4n) is 6.99. The van der Waals surface area contributed by atoms with Crippen LogP contribution < -0.4 is 26.6 Å². The number of hydrogen-bond acceptors (Lipinski definition) is 8. The predicted molar refractivity (Wildman–Crippen MR) is 176 cm³/mol. The number of anilines is 1. The minimum Gasteiger partial charge on any atom is -0.481 e. The Morgan fingerprint density at radius 1 is 1.11 bits per heavy atom. The largest absolute Gasteiger partial charge is 0.481 e. The molecule has 1 aliphatic carbocycles. The predicted octanol–water partition coefficient (Wildman–Crippen LogP) is 3.82. The second kappa shape index (κ2) is 11.4.